The predicted molar refractivity (Wildman–Crippen MR) is 112 cm³/mol. The van der Waals surface area contributed by atoms with Crippen LogP contribution in [-0.2, 0) is 19.4 Å². The summed E-state index contributed by atoms with van der Waals surface area (Å²) in [5.74, 6) is 1.05. The van der Waals surface area contributed by atoms with E-state index in [-0.39, 0.29) is 0 Å². The highest BCUT2D eigenvalue weighted by Crippen LogP contribution is 2.30. The third-order valence-electron chi connectivity index (χ3n) is 5.21. The highest BCUT2D eigenvalue weighted by atomic mass is 35.5. The molecule has 3 aromatic heterocycles. The minimum absolute atomic E-state index is 0.706. The number of hydrogen-bond acceptors (Lipinski definition) is 4. The minimum atomic E-state index is 0.706. The van der Waals surface area contributed by atoms with Gasteiger partial charge in [0.2, 0.25) is 0 Å². The first-order valence-electron chi connectivity index (χ1n) is 9.58. The van der Waals surface area contributed by atoms with Crippen molar-refractivity contribution in [2.45, 2.75) is 32.2 Å². The monoisotopic (exact) mass is 389 g/mol. The van der Waals surface area contributed by atoms with Crippen LogP contribution in [0.4, 0.5) is 5.82 Å². The van der Waals surface area contributed by atoms with Gasteiger partial charge >= 0.3 is 0 Å². The average molecular weight is 390 g/mol. The molecule has 0 unspecified atom stereocenters. The SMILES string of the molecule is Clc1cccc(-c2cc3nc4c(c(NCc5ccncc5)n3n2)CCCC4)c1. The van der Waals surface area contributed by atoms with Gasteiger partial charge in [-0.3, -0.25) is 4.98 Å². The lowest BCUT2D eigenvalue weighted by Crippen LogP contribution is -2.15. The van der Waals surface area contributed by atoms with Gasteiger partial charge in [-0.15, -0.1) is 0 Å². The highest BCUT2D eigenvalue weighted by Gasteiger charge is 2.20. The zero-order chi connectivity index (χ0) is 18.9. The van der Waals surface area contributed by atoms with Gasteiger partial charge in [-0.25, -0.2) is 4.98 Å². The predicted octanol–water partition coefficient (Wildman–Crippen LogP) is 4.94. The van der Waals surface area contributed by atoms with Gasteiger partial charge in [0.15, 0.2) is 5.65 Å². The van der Waals surface area contributed by atoms with Crippen molar-refractivity contribution in [1.82, 2.24) is 19.6 Å². The minimum Gasteiger partial charge on any atom is -0.366 e. The molecule has 5 nitrogen and oxygen atoms in total. The molecule has 1 aliphatic carbocycles. The largest absolute Gasteiger partial charge is 0.366 e. The van der Waals surface area contributed by atoms with Crippen LogP contribution in [0.2, 0.25) is 5.02 Å². The van der Waals surface area contributed by atoms with Gasteiger partial charge in [0.25, 0.3) is 0 Å². The Labute approximate surface area is 168 Å². The van der Waals surface area contributed by atoms with Crippen molar-refractivity contribution < 1.29 is 0 Å². The number of aryl methyl sites for hydroxylation is 1. The lowest BCUT2D eigenvalue weighted by atomic mass is 9.96. The molecule has 0 bridgehead atoms. The fourth-order valence-corrected chi connectivity index (χ4v) is 4.00. The van der Waals surface area contributed by atoms with Gasteiger partial charge in [-0.1, -0.05) is 23.7 Å². The Kier molecular flexibility index (Phi) is 4.45. The number of benzene rings is 1. The molecule has 140 valence electrons. The van der Waals surface area contributed by atoms with Crippen LogP contribution in [0.1, 0.15) is 29.7 Å². The smallest absolute Gasteiger partial charge is 0.158 e. The Hall–Kier alpha value is -2.92. The van der Waals surface area contributed by atoms with Gasteiger partial charge in [0.05, 0.1) is 5.69 Å². The first-order chi connectivity index (χ1) is 13.8. The second kappa shape index (κ2) is 7.24. The van der Waals surface area contributed by atoms with E-state index >= 15 is 0 Å². The summed E-state index contributed by atoms with van der Waals surface area (Å²) in [6, 6.07) is 13.9. The number of halogens is 1. The molecule has 1 N–H and O–H groups in total. The van der Waals surface area contributed by atoms with Crippen LogP contribution in [-0.4, -0.2) is 19.6 Å². The van der Waals surface area contributed by atoms with E-state index in [1.807, 2.05) is 59.4 Å². The zero-order valence-corrected chi connectivity index (χ0v) is 16.2. The van der Waals surface area contributed by atoms with Gasteiger partial charge < -0.3 is 5.32 Å². The number of hydrogen-bond donors (Lipinski definition) is 1. The highest BCUT2D eigenvalue weighted by molar-refractivity contribution is 6.30. The second-order valence-corrected chi connectivity index (χ2v) is 7.55. The summed E-state index contributed by atoms with van der Waals surface area (Å²) < 4.78 is 1.95. The Bertz CT molecular complexity index is 1140. The third kappa shape index (κ3) is 3.22. The normalized spacial score (nSPS) is 13.5. The molecular weight excluding hydrogens is 370 g/mol. The molecule has 0 atom stereocenters. The Morgan fingerprint density at radius 3 is 2.75 bits per heavy atom. The molecular formula is C22H20ClN5. The molecule has 0 spiro atoms. The topological polar surface area (TPSA) is 55.1 Å². The van der Waals surface area contributed by atoms with Crippen LogP contribution in [0.25, 0.3) is 16.9 Å². The standard InChI is InChI=1S/C22H20ClN5/c23-17-5-3-4-16(12-17)20-13-21-26-19-7-2-1-6-18(19)22(28(21)27-20)25-14-15-8-10-24-11-9-15/h3-5,8-13,25H,1-2,6-7,14H2. The van der Waals surface area contributed by atoms with E-state index in [1.165, 1.54) is 29.7 Å². The van der Waals surface area contributed by atoms with Gasteiger partial charge in [-0.05, 0) is 55.5 Å². The third-order valence-corrected chi connectivity index (χ3v) is 5.44. The maximum Gasteiger partial charge on any atom is 0.158 e. The van der Waals surface area contributed by atoms with Crippen LogP contribution in [0.15, 0.2) is 54.9 Å². The maximum absolute atomic E-state index is 6.18. The van der Waals surface area contributed by atoms with Crippen LogP contribution < -0.4 is 5.32 Å². The fraction of sp³-hybridized carbons (Fsp3) is 0.227. The van der Waals surface area contributed by atoms with Crippen LogP contribution in [0.3, 0.4) is 0 Å². The summed E-state index contributed by atoms with van der Waals surface area (Å²) in [6.07, 6.45) is 8.07. The molecule has 3 heterocycles. The lowest BCUT2D eigenvalue weighted by Gasteiger charge is -2.20. The Morgan fingerprint density at radius 1 is 1.04 bits per heavy atom. The van der Waals surface area contributed by atoms with E-state index in [2.05, 4.69) is 10.3 Å². The summed E-state index contributed by atoms with van der Waals surface area (Å²) in [4.78, 5) is 9.02. The molecule has 0 saturated heterocycles. The van der Waals surface area contributed by atoms with E-state index in [0.29, 0.717) is 5.02 Å². The summed E-state index contributed by atoms with van der Waals surface area (Å²) >= 11 is 6.18. The number of aromatic nitrogens is 4. The van der Waals surface area contributed by atoms with Crippen molar-refractivity contribution in [3.63, 3.8) is 0 Å². The van der Waals surface area contributed by atoms with E-state index in [9.17, 15) is 0 Å². The molecule has 28 heavy (non-hydrogen) atoms. The van der Waals surface area contributed by atoms with Gasteiger partial charge in [0, 0.05) is 46.8 Å². The molecule has 1 aliphatic rings. The van der Waals surface area contributed by atoms with Crippen molar-refractivity contribution >= 4 is 23.1 Å². The molecule has 5 rings (SSSR count). The zero-order valence-electron chi connectivity index (χ0n) is 15.4. The molecule has 0 amide bonds. The molecule has 0 saturated carbocycles. The average Bonchev–Trinajstić information content (AvgIpc) is 3.16. The van der Waals surface area contributed by atoms with E-state index < -0.39 is 0 Å². The molecule has 4 aromatic rings. The van der Waals surface area contributed by atoms with Crippen molar-refractivity contribution in [2.75, 3.05) is 5.32 Å². The maximum atomic E-state index is 6.18. The van der Waals surface area contributed by atoms with Gasteiger partial charge in [0.1, 0.15) is 5.82 Å². The number of fused-ring (bicyclic) bond motifs is 2. The molecule has 0 aliphatic heterocycles. The van der Waals surface area contributed by atoms with Crippen LogP contribution in [0.5, 0.6) is 0 Å². The van der Waals surface area contributed by atoms with E-state index in [1.54, 1.807) is 0 Å². The summed E-state index contributed by atoms with van der Waals surface area (Å²) in [5.41, 5.74) is 6.40. The van der Waals surface area contributed by atoms with Crippen molar-refractivity contribution in [1.29, 1.82) is 0 Å². The number of rotatable bonds is 4. The number of nitrogens with zero attached hydrogens (tertiary/aromatic N) is 4. The number of nitrogens with one attached hydrogen (secondary N) is 1. The lowest BCUT2D eigenvalue weighted by molar-refractivity contribution is 0.661. The molecule has 6 heteroatoms. The molecule has 1 aromatic carbocycles. The van der Waals surface area contributed by atoms with Crippen molar-refractivity contribution in [3.8, 4) is 11.3 Å². The summed E-state index contributed by atoms with van der Waals surface area (Å²) in [6.45, 7) is 0.723. The summed E-state index contributed by atoms with van der Waals surface area (Å²) in [7, 11) is 0. The first kappa shape index (κ1) is 17.2. The summed E-state index contributed by atoms with van der Waals surface area (Å²) in [5, 5.41) is 9.19. The quantitative estimate of drug-likeness (QED) is 0.537. The van der Waals surface area contributed by atoms with Crippen molar-refractivity contribution in [2.24, 2.45) is 0 Å². The Morgan fingerprint density at radius 2 is 1.89 bits per heavy atom. The second-order valence-electron chi connectivity index (χ2n) is 7.11. The molecule has 0 radical (unpaired) electrons. The van der Waals surface area contributed by atoms with E-state index in [0.717, 1.165) is 42.1 Å². The molecule has 0 fully saturated rings. The number of pyridine rings is 1. The van der Waals surface area contributed by atoms with Crippen LogP contribution in [0, 0.1) is 0 Å². The fourth-order valence-electron chi connectivity index (χ4n) is 3.81. The first-order valence-corrected chi connectivity index (χ1v) is 9.96. The van der Waals surface area contributed by atoms with Crippen molar-refractivity contribution in [3.05, 3.63) is 76.7 Å². The van der Waals surface area contributed by atoms with Gasteiger partial charge in [-0.2, -0.15) is 9.61 Å². The van der Waals surface area contributed by atoms with Crippen LogP contribution >= 0.6 is 11.6 Å². The van der Waals surface area contributed by atoms with E-state index in [4.69, 9.17) is 21.7 Å². The Balaban J connectivity index is 1.61. The number of anilines is 1.